The van der Waals surface area contributed by atoms with Gasteiger partial charge < -0.3 is 9.64 Å². The highest BCUT2D eigenvalue weighted by molar-refractivity contribution is 5.76. The summed E-state index contributed by atoms with van der Waals surface area (Å²) in [6, 6.07) is 5.65. The summed E-state index contributed by atoms with van der Waals surface area (Å²) >= 11 is 0. The number of likely N-dealkylation sites (tertiary alicyclic amines) is 1. The van der Waals surface area contributed by atoms with Gasteiger partial charge in [0.1, 0.15) is 11.5 Å². The summed E-state index contributed by atoms with van der Waals surface area (Å²) in [6.45, 7) is 10.3. The molecule has 2 rings (SSSR count). The van der Waals surface area contributed by atoms with E-state index in [9.17, 15) is 4.79 Å². The zero-order valence-corrected chi connectivity index (χ0v) is 15.2. The fourth-order valence-corrected chi connectivity index (χ4v) is 2.29. The Bertz CT molecular complexity index is 519. The lowest BCUT2D eigenvalue weighted by Gasteiger charge is -2.26. The molecule has 1 amide bonds. The van der Waals surface area contributed by atoms with Gasteiger partial charge in [0.05, 0.1) is 6.61 Å². The molecule has 1 fully saturated rings. The molecule has 0 spiro atoms. The molecule has 0 bridgehead atoms. The smallest absolute Gasteiger partial charge is 0.373 e. The second-order valence-corrected chi connectivity index (χ2v) is 5.35. The largest absolute Gasteiger partial charge is 0.492 e. The highest BCUT2D eigenvalue weighted by Crippen LogP contribution is 2.10. The maximum Gasteiger partial charge on any atom is 0.373 e. The van der Waals surface area contributed by atoms with Crippen molar-refractivity contribution in [1.29, 1.82) is 0 Å². The minimum atomic E-state index is 0.250. The Morgan fingerprint density at radius 3 is 2.36 bits per heavy atom. The Kier molecular flexibility index (Phi) is 13.6. The first-order valence-electron chi connectivity index (χ1n) is 8.60. The molecular weight excluding hydrogens is 320 g/mol. The third-order valence-electron chi connectivity index (χ3n) is 3.44. The molecule has 1 saturated heterocycles. The first kappa shape index (κ1) is 22.5. The van der Waals surface area contributed by atoms with Crippen LogP contribution in [-0.2, 0) is 19.1 Å². The maximum absolute atomic E-state index is 11.3. The van der Waals surface area contributed by atoms with Crippen molar-refractivity contribution < 1.29 is 19.1 Å². The van der Waals surface area contributed by atoms with Crippen molar-refractivity contribution >= 4 is 17.8 Å². The van der Waals surface area contributed by atoms with Crippen LogP contribution in [0.2, 0.25) is 0 Å². The van der Waals surface area contributed by atoms with Crippen molar-refractivity contribution in [1.82, 2.24) is 9.88 Å². The minimum absolute atomic E-state index is 0.250. The molecule has 2 heterocycles. The van der Waals surface area contributed by atoms with Crippen LogP contribution in [0.15, 0.2) is 31.0 Å². The zero-order chi connectivity index (χ0) is 18.9. The highest BCUT2D eigenvalue weighted by Gasteiger charge is 2.14. The molecule has 0 aliphatic carbocycles. The van der Waals surface area contributed by atoms with Crippen LogP contribution >= 0.6 is 0 Å². The predicted octanol–water partition coefficient (Wildman–Crippen LogP) is 3.30. The predicted molar refractivity (Wildman–Crippen MR) is 95.2 cm³/mol. The van der Waals surface area contributed by atoms with E-state index in [0.717, 1.165) is 31.6 Å². The number of carbonyl (C=O) groups is 1. The average molecular weight is 348 g/mol. The van der Waals surface area contributed by atoms with Crippen LogP contribution < -0.4 is 0 Å². The Balaban J connectivity index is 0.000000399. The summed E-state index contributed by atoms with van der Waals surface area (Å²) in [6.07, 6.45) is 7.40. The first-order valence-corrected chi connectivity index (χ1v) is 8.60. The van der Waals surface area contributed by atoms with E-state index in [1.165, 1.54) is 19.3 Å². The summed E-state index contributed by atoms with van der Waals surface area (Å²) in [5.41, 5.74) is 0.800. The fourth-order valence-electron chi connectivity index (χ4n) is 2.29. The maximum atomic E-state index is 11.3. The standard InChI is InChI=1S/C9H11NO.C9H17NO.CO2/c1-3-11-8(2)9-6-4-5-7-10-9;1-2-6-9(11)10-7-4-3-5-8-10;2-1-3/h4-7H,2-3H2,1H3;2-8H2,1H3;. The van der Waals surface area contributed by atoms with E-state index >= 15 is 0 Å². The second-order valence-electron chi connectivity index (χ2n) is 5.35. The van der Waals surface area contributed by atoms with Gasteiger partial charge in [-0.1, -0.05) is 19.6 Å². The Hall–Kier alpha value is -2.46. The molecule has 0 N–H and O–H groups in total. The van der Waals surface area contributed by atoms with Crippen LogP contribution in [-0.4, -0.2) is 41.6 Å². The van der Waals surface area contributed by atoms with Gasteiger partial charge in [0.2, 0.25) is 5.91 Å². The van der Waals surface area contributed by atoms with Gasteiger partial charge in [-0.2, -0.15) is 9.59 Å². The summed E-state index contributed by atoms with van der Waals surface area (Å²) in [5.74, 6) is 0.986. The van der Waals surface area contributed by atoms with Crippen molar-refractivity contribution in [2.24, 2.45) is 0 Å². The molecule has 1 aliphatic rings. The van der Waals surface area contributed by atoms with Gasteiger partial charge in [0.15, 0.2) is 0 Å². The summed E-state index contributed by atoms with van der Waals surface area (Å²) in [4.78, 5) is 33.7. The molecule has 0 aromatic carbocycles. The van der Waals surface area contributed by atoms with Crippen LogP contribution in [0.1, 0.15) is 51.6 Å². The Morgan fingerprint density at radius 2 is 1.88 bits per heavy atom. The van der Waals surface area contributed by atoms with E-state index in [0.29, 0.717) is 18.3 Å². The van der Waals surface area contributed by atoms with Gasteiger partial charge in [-0.3, -0.25) is 9.78 Å². The topological polar surface area (TPSA) is 76.6 Å². The van der Waals surface area contributed by atoms with E-state index in [-0.39, 0.29) is 6.15 Å². The number of hydrogen-bond acceptors (Lipinski definition) is 5. The molecule has 138 valence electrons. The highest BCUT2D eigenvalue weighted by atomic mass is 16.5. The molecule has 6 nitrogen and oxygen atoms in total. The van der Waals surface area contributed by atoms with Gasteiger partial charge in [0, 0.05) is 25.7 Å². The number of pyridine rings is 1. The number of piperidine rings is 1. The normalized spacial score (nSPS) is 12.5. The Morgan fingerprint density at radius 1 is 1.24 bits per heavy atom. The monoisotopic (exact) mass is 348 g/mol. The van der Waals surface area contributed by atoms with Crippen LogP contribution in [0, 0.1) is 0 Å². The second kappa shape index (κ2) is 15.1. The third-order valence-corrected chi connectivity index (χ3v) is 3.44. The van der Waals surface area contributed by atoms with Crippen LogP contribution in [0.4, 0.5) is 0 Å². The first-order chi connectivity index (χ1) is 12.1. The minimum Gasteiger partial charge on any atom is -0.492 e. The van der Waals surface area contributed by atoms with Crippen molar-refractivity contribution in [3.63, 3.8) is 0 Å². The molecule has 0 saturated carbocycles. The van der Waals surface area contributed by atoms with E-state index in [1.807, 2.05) is 30.0 Å². The zero-order valence-electron chi connectivity index (χ0n) is 15.2. The number of ether oxygens (including phenoxy) is 1. The SMILES string of the molecule is C=C(OCC)c1ccccn1.CCCC(=O)N1CCCCC1.O=C=O. The lowest BCUT2D eigenvalue weighted by molar-refractivity contribution is -0.191. The van der Waals surface area contributed by atoms with Crippen LogP contribution in [0.25, 0.3) is 5.76 Å². The molecule has 6 heteroatoms. The molecule has 25 heavy (non-hydrogen) atoms. The lowest BCUT2D eigenvalue weighted by atomic mass is 10.1. The van der Waals surface area contributed by atoms with Crippen molar-refractivity contribution in [3.05, 3.63) is 36.7 Å². The summed E-state index contributed by atoms with van der Waals surface area (Å²) in [5, 5.41) is 0. The van der Waals surface area contributed by atoms with E-state index in [1.54, 1.807) is 6.20 Å². The van der Waals surface area contributed by atoms with E-state index in [2.05, 4.69) is 18.5 Å². The third kappa shape index (κ3) is 10.8. The molecule has 1 aromatic rings. The molecule has 1 aliphatic heterocycles. The van der Waals surface area contributed by atoms with Crippen molar-refractivity contribution in [2.45, 2.75) is 46.0 Å². The van der Waals surface area contributed by atoms with Gasteiger partial charge in [-0.25, -0.2) is 0 Å². The average Bonchev–Trinajstić information content (AvgIpc) is 2.65. The number of nitrogens with zero attached hydrogens (tertiary/aromatic N) is 2. The van der Waals surface area contributed by atoms with Crippen LogP contribution in [0.5, 0.6) is 0 Å². The molecule has 0 atom stereocenters. The van der Waals surface area contributed by atoms with Crippen molar-refractivity contribution in [2.75, 3.05) is 19.7 Å². The molecule has 1 aromatic heterocycles. The quantitative estimate of drug-likeness (QED) is 0.763. The molecule has 0 unspecified atom stereocenters. The van der Waals surface area contributed by atoms with Gasteiger partial charge in [0.25, 0.3) is 0 Å². The van der Waals surface area contributed by atoms with E-state index < -0.39 is 0 Å². The summed E-state index contributed by atoms with van der Waals surface area (Å²) < 4.78 is 5.17. The molecular formula is C19H28N2O4. The van der Waals surface area contributed by atoms with Gasteiger partial charge >= 0.3 is 6.15 Å². The molecule has 0 radical (unpaired) electrons. The number of amides is 1. The fraction of sp³-hybridized carbons (Fsp3) is 0.526. The van der Waals surface area contributed by atoms with Crippen LogP contribution in [0.3, 0.4) is 0 Å². The van der Waals surface area contributed by atoms with E-state index in [4.69, 9.17) is 14.3 Å². The van der Waals surface area contributed by atoms with Crippen molar-refractivity contribution in [3.8, 4) is 0 Å². The van der Waals surface area contributed by atoms with Gasteiger partial charge in [-0.15, -0.1) is 0 Å². The van der Waals surface area contributed by atoms with Gasteiger partial charge in [-0.05, 0) is 44.7 Å². The number of rotatable bonds is 5. The number of carbonyl (C=O) groups excluding carboxylic acids is 3. The Labute approximate surface area is 149 Å². The lowest BCUT2D eigenvalue weighted by Crippen LogP contribution is -2.35. The summed E-state index contributed by atoms with van der Waals surface area (Å²) in [7, 11) is 0. The number of aromatic nitrogens is 1. The number of hydrogen-bond donors (Lipinski definition) is 0.